The molecule has 0 atom stereocenters. The molecule has 0 radical (unpaired) electrons. The molecule has 0 bridgehead atoms. The highest BCUT2D eigenvalue weighted by molar-refractivity contribution is 6.20. The highest BCUT2D eigenvalue weighted by Gasteiger charge is 2.45. The van der Waals surface area contributed by atoms with E-state index in [0.717, 1.165) is 24.1 Å². The normalized spacial score (nSPS) is 14.6. The number of anilines is 2. The van der Waals surface area contributed by atoms with Crippen molar-refractivity contribution in [3.63, 3.8) is 0 Å². The predicted octanol–water partition coefficient (Wildman–Crippen LogP) is 5.58. The second kappa shape index (κ2) is 13.3. The SMILES string of the molecule is CCN1C(=O)C(C)(C)C(=O)N(C)c2cc(OCCCN(CCn3ccc4oc(-c5ccoc5)cc4c3=O)Cc3ccncc3)ccc21. The number of hydrogen-bond donors (Lipinski definition) is 0. The largest absolute Gasteiger partial charge is 0.493 e. The fraction of sp³-hybridized carbons (Fsp3) is 0.333. The van der Waals surface area contributed by atoms with Crippen molar-refractivity contribution in [1.29, 1.82) is 0 Å². The topological polar surface area (TPSA) is 114 Å². The summed E-state index contributed by atoms with van der Waals surface area (Å²) < 4.78 is 18.9. The molecule has 1 aromatic carbocycles. The highest BCUT2D eigenvalue weighted by atomic mass is 16.5. The number of fused-ring (bicyclic) bond motifs is 2. The van der Waals surface area contributed by atoms with Crippen LogP contribution in [-0.4, -0.2) is 59.6 Å². The molecule has 4 aromatic heterocycles. The minimum Gasteiger partial charge on any atom is -0.493 e. The lowest BCUT2D eigenvalue weighted by Gasteiger charge is -2.27. The fourth-order valence-electron chi connectivity index (χ4n) is 6.01. The van der Waals surface area contributed by atoms with Gasteiger partial charge in [-0.15, -0.1) is 0 Å². The van der Waals surface area contributed by atoms with E-state index in [-0.39, 0.29) is 17.4 Å². The van der Waals surface area contributed by atoms with E-state index < -0.39 is 5.41 Å². The van der Waals surface area contributed by atoms with Crippen molar-refractivity contribution in [3.05, 3.63) is 95.6 Å². The second-order valence-electron chi connectivity index (χ2n) is 12.2. The molecule has 47 heavy (non-hydrogen) atoms. The van der Waals surface area contributed by atoms with Crippen molar-refractivity contribution >= 4 is 34.2 Å². The van der Waals surface area contributed by atoms with Gasteiger partial charge in [0.1, 0.15) is 28.8 Å². The summed E-state index contributed by atoms with van der Waals surface area (Å²) in [4.78, 5) is 49.4. The van der Waals surface area contributed by atoms with Crippen LogP contribution in [0.2, 0.25) is 0 Å². The van der Waals surface area contributed by atoms with Gasteiger partial charge in [-0.3, -0.25) is 24.3 Å². The van der Waals surface area contributed by atoms with E-state index >= 15 is 0 Å². The summed E-state index contributed by atoms with van der Waals surface area (Å²) in [6, 6.07) is 14.9. The van der Waals surface area contributed by atoms with Crippen molar-refractivity contribution in [2.45, 2.75) is 40.3 Å². The lowest BCUT2D eigenvalue weighted by molar-refractivity contribution is -0.137. The maximum absolute atomic E-state index is 13.3. The first-order valence-electron chi connectivity index (χ1n) is 15.8. The van der Waals surface area contributed by atoms with Crippen LogP contribution in [0.25, 0.3) is 22.3 Å². The molecule has 11 nitrogen and oxygen atoms in total. The maximum Gasteiger partial charge on any atom is 0.261 e. The summed E-state index contributed by atoms with van der Waals surface area (Å²) in [5.41, 5.74) is 2.51. The molecule has 0 unspecified atom stereocenters. The quantitative estimate of drug-likeness (QED) is 0.129. The number of rotatable bonds is 12. The van der Waals surface area contributed by atoms with E-state index in [2.05, 4.69) is 9.88 Å². The lowest BCUT2D eigenvalue weighted by atomic mass is 9.90. The third kappa shape index (κ3) is 6.44. The summed E-state index contributed by atoms with van der Waals surface area (Å²) >= 11 is 0. The predicted molar refractivity (Wildman–Crippen MR) is 179 cm³/mol. The number of pyridine rings is 2. The highest BCUT2D eigenvalue weighted by Crippen LogP contribution is 2.40. The van der Waals surface area contributed by atoms with Gasteiger partial charge in [-0.2, -0.15) is 0 Å². The molecule has 1 aliphatic rings. The lowest BCUT2D eigenvalue weighted by Crippen LogP contribution is -2.47. The Morgan fingerprint density at radius 3 is 2.51 bits per heavy atom. The molecule has 0 spiro atoms. The van der Waals surface area contributed by atoms with Gasteiger partial charge >= 0.3 is 0 Å². The molecule has 1 aliphatic heterocycles. The van der Waals surface area contributed by atoms with Gasteiger partial charge in [0.25, 0.3) is 5.56 Å². The molecule has 0 N–H and O–H groups in total. The summed E-state index contributed by atoms with van der Waals surface area (Å²) in [7, 11) is 1.70. The number of furan rings is 2. The smallest absolute Gasteiger partial charge is 0.261 e. The Morgan fingerprint density at radius 1 is 0.957 bits per heavy atom. The second-order valence-corrected chi connectivity index (χ2v) is 12.2. The van der Waals surface area contributed by atoms with Crippen LogP contribution in [0.1, 0.15) is 32.8 Å². The van der Waals surface area contributed by atoms with Crippen LogP contribution in [0.4, 0.5) is 11.4 Å². The monoisotopic (exact) mass is 637 g/mol. The standard InChI is InChI=1S/C36H39N5O6/c1-5-41-29-8-7-27(21-30(29)38(4)34(43)36(2,3)35(41)44)46-19-6-15-39(23-25-9-13-37-14-10-25)17-18-40-16-11-31-28(33(40)42)22-32(47-31)26-12-20-45-24-26/h7-14,16,20-22,24H,5-6,15,17-19,23H2,1-4H3. The van der Waals surface area contributed by atoms with Crippen LogP contribution in [-0.2, 0) is 22.7 Å². The zero-order valence-corrected chi connectivity index (χ0v) is 27.1. The van der Waals surface area contributed by atoms with Crippen molar-refractivity contribution in [1.82, 2.24) is 14.5 Å². The fourth-order valence-corrected chi connectivity index (χ4v) is 6.01. The summed E-state index contributed by atoms with van der Waals surface area (Å²) in [5, 5.41) is 0.529. The Labute approximate surface area is 273 Å². The van der Waals surface area contributed by atoms with Crippen LogP contribution in [0.15, 0.2) is 93.3 Å². The molecule has 0 aliphatic carbocycles. The minimum absolute atomic E-state index is 0.105. The molecule has 0 fully saturated rings. The number of amides is 2. The van der Waals surface area contributed by atoms with Crippen LogP contribution >= 0.6 is 0 Å². The average Bonchev–Trinajstić information content (AvgIpc) is 3.77. The van der Waals surface area contributed by atoms with Gasteiger partial charge in [0, 0.05) is 64.4 Å². The van der Waals surface area contributed by atoms with E-state index in [1.807, 2.05) is 43.3 Å². The molecule has 5 aromatic rings. The zero-order valence-electron chi connectivity index (χ0n) is 27.1. The van der Waals surface area contributed by atoms with Crippen molar-refractivity contribution in [3.8, 4) is 17.1 Å². The Morgan fingerprint density at radius 2 is 1.77 bits per heavy atom. The van der Waals surface area contributed by atoms with Crippen molar-refractivity contribution in [2.24, 2.45) is 5.41 Å². The Hall–Kier alpha value is -5.16. The van der Waals surface area contributed by atoms with E-state index in [4.69, 9.17) is 13.6 Å². The van der Waals surface area contributed by atoms with Gasteiger partial charge in [-0.25, -0.2) is 0 Å². The van der Waals surface area contributed by atoms with Gasteiger partial charge in [0.05, 0.1) is 35.2 Å². The van der Waals surface area contributed by atoms with Gasteiger partial charge < -0.3 is 27.9 Å². The van der Waals surface area contributed by atoms with E-state index in [1.165, 1.54) is 0 Å². The first-order valence-corrected chi connectivity index (χ1v) is 15.8. The van der Waals surface area contributed by atoms with Crippen LogP contribution in [0.5, 0.6) is 5.75 Å². The number of nitrogens with zero attached hydrogens (tertiary/aromatic N) is 5. The summed E-state index contributed by atoms with van der Waals surface area (Å²) in [6.07, 6.45) is 9.22. The number of benzene rings is 1. The zero-order chi connectivity index (χ0) is 33.1. The van der Waals surface area contributed by atoms with E-state index in [1.54, 1.807) is 78.5 Å². The molecular weight excluding hydrogens is 598 g/mol. The molecule has 11 heteroatoms. The van der Waals surface area contributed by atoms with Crippen LogP contribution < -0.4 is 20.1 Å². The van der Waals surface area contributed by atoms with Crippen LogP contribution in [0.3, 0.4) is 0 Å². The molecule has 0 saturated carbocycles. The molecule has 6 rings (SSSR count). The average molecular weight is 638 g/mol. The van der Waals surface area contributed by atoms with Gasteiger partial charge in [0.15, 0.2) is 0 Å². The van der Waals surface area contributed by atoms with Crippen LogP contribution in [0, 0.1) is 5.41 Å². The minimum atomic E-state index is -1.16. The Bertz CT molecular complexity index is 1930. The van der Waals surface area contributed by atoms with Gasteiger partial charge in [-0.1, -0.05) is 0 Å². The first kappa shape index (κ1) is 31.8. The molecular formula is C36H39N5O6. The van der Waals surface area contributed by atoms with E-state index in [0.29, 0.717) is 66.6 Å². The third-order valence-electron chi connectivity index (χ3n) is 8.70. The Kier molecular flexibility index (Phi) is 8.99. The number of hydrogen-bond acceptors (Lipinski definition) is 8. The van der Waals surface area contributed by atoms with Gasteiger partial charge in [0.2, 0.25) is 11.8 Å². The summed E-state index contributed by atoms with van der Waals surface area (Å²) in [5.74, 6) is 0.746. The number of carbonyl (C=O) groups is 2. The van der Waals surface area contributed by atoms with E-state index in [9.17, 15) is 14.4 Å². The summed E-state index contributed by atoms with van der Waals surface area (Å²) in [6.45, 7) is 8.71. The number of carbonyl (C=O) groups excluding carboxylic acids is 2. The molecule has 0 saturated heterocycles. The molecule has 244 valence electrons. The number of aromatic nitrogens is 2. The first-order chi connectivity index (χ1) is 22.7. The third-order valence-corrected chi connectivity index (χ3v) is 8.70. The maximum atomic E-state index is 13.3. The molecule has 5 heterocycles. The van der Waals surface area contributed by atoms with Gasteiger partial charge in [-0.05, 0) is 75.2 Å². The van der Waals surface area contributed by atoms with Crippen molar-refractivity contribution in [2.75, 3.05) is 43.1 Å². The molecule has 2 amide bonds. The number of ether oxygens (including phenoxy) is 1. The Balaban J connectivity index is 1.12. The van der Waals surface area contributed by atoms with Crippen molar-refractivity contribution < 1.29 is 23.2 Å².